The monoisotopic (exact) mass is 1340 g/mol. The molecule has 0 N–H and O–H groups in total. The number of rotatable bonds is 12. The Kier molecular flexibility index (Phi) is 33.8. The lowest BCUT2D eigenvalue weighted by Crippen LogP contribution is -2.57. The molecule has 4 nitrogen and oxygen atoms in total. The smallest absolute Gasteiger partial charge is 0.296 e. The van der Waals surface area contributed by atoms with E-state index >= 15 is 0 Å². The maximum absolute atomic E-state index is 12.9. The molecule has 19 heteroatoms. The van der Waals surface area contributed by atoms with Crippen molar-refractivity contribution in [1.82, 2.24) is 0 Å². The molecule has 0 saturated carbocycles. The molecule has 0 aliphatic heterocycles. The van der Waals surface area contributed by atoms with Gasteiger partial charge in [-0.25, -0.2) is 52.7 Å². The molecule has 0 heterocycles. The Bertz CT molecular complexity index is 3330. The third-order valence-corrected chi connectivity index (χ3v) is 28.0. The Balaban J connectivity index is 0.000000539. The van der Waals surface area contributed by atoms with E-state index in [1.165, 1.54) is 43.6 Å². The van der Waals surface area contributed by atoms with Crippen LogP contribution in [0.4, 0.5) is 52.7 Å². The van der Waals surface area contributed by atoms with E-state index in [0.717, 1.165) is 12.7 Å². The summed E-state index contributed by atoms with van der Waals surface area (Å²) < 4.78 is 184. The van der Waals surface area contributed by atoms with Gasteiger partial charge in [0.25, 0.3) is 10.1 Å². The van der Waals surface area contributed by atoms with Crippen molar-refractivity contribution in [3.05, 3.63) is 225 Å². The average Bonchev–Trinajstić information content (AvgIpc) is 1.76. The van der Waals surface area contributed by atoms with Crippen LogP contribution in [0.5, 0.6) is 0 Å². The molecule has 7 aromatic rings. The van der Waals surface area contributed by atoms with Crippen LogP contribution < -0.4 is 15.6 Å². The molecule has 0 aliphatic carbocycles. The third-order valence-electron chi connectivity index (χ3n) is 15.8. The quantitative estimate of drug-likeness (QED) is 0.0402. The average molecular weight is 1340 g/mol. The van der Waals surface area contributed by atoms with Crippen molar-refractivity contribution in [2.75, 3.05) is 14.2 Å². The summed E-state index contributed by atoms with van der Waals surface area (Å²) in [5, 5.41) is 5.05. The fraction of sp³-hybridized carbons (Fsp3) is 0.417. The van der Waals surface area contributed by atoms with Crippen LogP contribution in [-0.4, -0.2) is 44.9 Å². The maximum atomic E-state index is 12.9. The lowest BCUT2D eigenvalue weighted by atomic mass is 10.0. The summed E-state index contributed by atoms with van der Waals surface area (Å²) in [7, 11) is -3.60. The lowest BCUT2D eigenvalue weighted by molar-refractivity contribution is 0.134. The van der Waals surface area contributed by atoms with Gasteiger partial charge in [-0.15, -0.1) is 0 Å². The molecule has 0 saturated heterocycles. The molecule has 0 unspecified atom stereocenters. The Morgan fingerprint density at radius 2 is 0.703 bits per heavy atom. The molecule has 7 rings (SSSR count). The summed E-state index contributed by atoms with van der Waals surface area (Å²) in [4.78, 5) is 0.199. The fourth-order valence-electron chi connectivity index (χ4n) is 8.57. The summed E-state index contributed by atoms with van der Waals surface area (Å²) >= 11 is 0. The summed E-state index contributed by atoms with van der Waals surface area (Å²) in [6.45, 7) is 40.8. The normalized spacial score (nSPS) is 11.6. The number of halogens is 12. The Hall–Kier alpha value is -6.00. The van der Waals surface area contributed by atoms with Crippen molar-refractivity contribution in [2.24, 2.45) is 0 Å². The molecule has 0 amide bonds. The minimum atomic E-state index is -3.54. The second-order valence-corrected chi connectivity index (χ2v) is 37.2. The Morgan fingerprint density at radius 3 is 0.989 bits per heavy atom. The summed E-state index contributed by atoms with van der Waals surface area (Å²) in [6.07, 6.45) is 0.384. The van der Waals surface area contributed by atoms with Gasteiger partial charge in [0.15, 0.2) is 46.5 Å². The molecule has 0 fully saturated rings. The minimum absolute atomic E-state index is 0.0589. The zero-order valence-electron chi connectivity index (χ0n) is 56.7. The third kappa shape index (κ3) is 23.8. The van der Waals surface area contributed by atoms with Gasteiger partial charge in [-0.2, -0.15) is 8.42 Å². The van der Waals surface area contributed by atoms with Gasteiger partial charge < -0.3 is 4.74 Å². The van der Waals surface area contributed by atoms with E-state index in [2.05, 4.69) is 171 Å². The standard InChI is InChI=1S/C16H20Si.C15H26Si.C10H14O3S.C9H7F5.C9H8F4.C9H9F3.C4H10O/c1-14(2)17(3,15-10-6-4-7-11-15)16-12-8-5-9-13-16;1-12(2)13-8-10-14(11-9-13)16(6,7)15(3,4)5;1-8(2)9-4-6-10(7-5-9)14(11,12)13-3;1-3(2)4-5(10)7(12)9(14)8(13)6(4)11;1-4(2)7-8(12)5(10)3-6(11)9(7)13;1-5(2)9-7(11)3-6(10)4-8(9)12;1-4(2)5-3/h4-14H,1-3H3;8-12H,1-7H3;4-8H,1-3H3;3H,1-2H3;3-4H,1-2H3;3-5H,1-2H3;4H,1-3H3. The second kappa shape index (κ2) is 37.0. The van der Waals surface area contributed by atoms with Gasteiger partial charge in [0.1, 0.15) is 25.5 Å². The van der Waals surface area contributed by atoms with Gasteiger partial charge in [-0.1, -0.05) is 236 Å². The zero-order valence-corrected chi connectivity index (χ0v) is 59.6. The van der Waals surface area contributed by atoms with Crippen LogP contribution >= 0.6 is 0 Å². The van der Waals surface area contributed by atoms with Crippen LogP contribution in [-0.2, 0) is 19.0 Å². The van der Waals surface area contributed by atoms with E-state index in [1.54, 1.807) is 50.4 Å². The van der Waals surface area contributed by atoms with Gasteiger partial charge in [-0.05, 0) is 77.3 Å². The maximum Gasteiger partial charge on any atom is 0.296 e. The van der Waals surface area contributed by atoms with Crippen molar-refractivity contribution in [1.29, 1.82) is 0 Å². The largest absolute Gasteiger partial charge is 0.382 e. The molecule has 0 bridgehead atoms. The topological polar surface area (TPSA) is 52.6 Å². The molecule has 0 spiro atoms. The van der Waals surface area contributed by atoms with Crippen LogP contribution in [0.1, 0.15) is 175 Å². The second-order valence-electron chi connectivity index (χ2n) is 25.5. The van der Waals surface area contributed by atoms with E-state index in [1.807, 2.05) is 13.8 Å². The number of hydrogen-bond donors (Lipinski definition) is 0. The van der Waals surface area contributed by atoms with E-state index < -0.39 is 119 Å². The van der Waals surface area contributed by atoms with E-state index in [-0.39, 0.29) is 22.4 Å². The zero-order chi connectivity index (χ0) is 70.4. The highest BCUT2D eigenvalue weighted by atomic mass is 32.2. The van der Waals surface area contributed by atoms with E-state index in [4.69, 9.17) is 4.74 Å². The molecular weight excluding hydrogens is 1250 g/mol. The van der Waals surface area contributed by atoms with Crippen LogP contribution in [0, 0.1) is 69.8 Å². The van der Waals surface area contributed by atoms with Crippen LogP contribution in [0.2, 0.25) is 30.2 Å². The first-order valence-corrected chi connectivity index (χ1v) is 37.0. The van der Waals surface area contributed by atoms with Crippen LogP contribution in [0.25, 0.3) is 0 Å². The number of benzene rings is 7. The summed E-state index contributed by atoms with van der Waals surface area (Å²) in [5.41, 5.74) is 1.88. The van der Waals surface area contributed by atoms with Gasteiger partial charge >= 0.3 is 0 Å². The molecule has 0 aliphatic rings. The molecule has 0 atom stereocenters. The van der Waals surface area contributed by atoms with Gasteiger partial charge in [0.05, 0.1) is 26.2 Å². The molecule has 0 radical (unpaired) electrons. The number of ether oxygens (including phenoxy) is 1. The van der Waals surface area contributed by atoms with E-state index in [0.29, 0.717) is 40.7 Å². The molecule has 504 valence electrons. The predicted octanol–water partition coefficient (Wildman–Crippen LogP) is 21.1. The minimum Gasteiger partial charge on any atom is -0.382 e. The molecule has 7 aromatic carbocycles. The summed E-state index contributed by atoms with van der Waals surface area (Å²) in [5.74, 6) is -17.9. The predicted molar refractivity (Wildman–Crippen MR) is 354 cm³/mol. The lowest BCUT2D eigenvalue weighted by Gasteiger charge is -2.37. The molecule has 91 heavy (non-hydrogen) atoms. The molecule has 0 aromatic heterocycles. The first-order valence-electron chi connectivity index (χ1n) is 30.0. The van der Waals surface area contributed by atoms with Gasteiger partial charge in [-0.3, -0.25) is 4.18 Å². The Morgan fingerprint density at radius 1 is 0.385 bits per heavy atom. The first kappa shape index (κ1) is 83.0. The first-order chi connectivity index (χ1) is 41.9. The highest BCUT2D eigenvalue weighted by Crippen LogP contribution is 2.36. The number of hydrogen-bond acceptors (Lipinski definition) is 4. The highest BCUT2D eigenvalue weighted by molar-refractivity contribution is 7.86. The van der Waals surface area contributed by atoms with Gasteiger partial charge in [0, 0.05) is 42.0 Å². The van der Waals surface area contributed by atoms with Crippen molar-refractivity contribution >= 4 is 41.8 Å². The fourth-order valence-corrected chi connectivity index (χ4v) is 14.5. The van der Waals surface area contributed by atoms with Crippen molar-refractivity contribution in [3.8, 4) is 0 Å². The van der Waals surface area contributed by atoms with Crippen LogP contribution in [0.15, 0.2) is 132 Å². The van der Waals surface area contributed by atoms with Crippen molar-refractivity contribution in [3.63, 3.8) is 0 Å². The van der Waals surface area contributed by atoms with Crippen LogP contribution in [0.3, 0.4) is 0 Å². The van der Waals surface area contributed by atoms with Gasteiger partial charge in [0.2, 0.25) is 5.82 Å². The SMILES string of the molecule is CC(C)[Si](C)(c1ccccc1)c1ccccc1.CC(C)c1c(F)c(F)c(F)c(F)c1F.CC(C)c1c(F)c(F)cc(F)c1F.CC(C)c1c(F)cc(F)cc1F.CC(C)c1ccc([Si](C)(C)C(C)(C)C)cc1.COC(C)C.COS(=O)(=O)c1ccc(C(C)C)cc1. The Labute approximate surface area is 537 Å². The highest BCUT2D eigenvalue weighted by Gasteiger charge is 2.37. The van der Waals surface area contributed by atoms with E-state index in [9.17, 15) is 61.1 Å². The molecular formula is C72H94F12O4SSi2. The van der Waals surface area contributed by atoms with Crippen molar-refractivity contribution < 1.29 is 70.0 Å². The number of methoxy groups -OCH3 is 1. The summed E-state index contributed by atoms with van der Waals surface area (Å²) in [6, 6.07) is 39.6. The van der Waals surface area contributed by atoms with Crippen molar-refractivity contribution in [2.45, 2.75) is 189 Å².